The molecule has 0 atom stereocenters. The first-order valence-corrected chi connectivity index (χ1v) is 6.64. The summed E-state index contributed by atoms with van der Waals surface area (Å²) < 4.78 is 0. The highest BCUT2D eigenvalue weighted by molar-refractivity contribution is 5.33. The normalized spacial score (nSPS) is 10.7. The van der Waals surface area contributed by atoms with Crippen molar-refractivity contribution in [2.75, 3.05) is 0 Å². The predicted octanol–water partition coefficient (Wildman–Crippen LogP) is 5.22. The van der Waals surface area contributed by atoms with Crippen LogP contribution in [0.4, 0.5) is 0 Å². The van der Waals surface area contributed by atoms with Gasteiger partial charge in [0.1, 0.15) is 0 Å². The Balaban J connectivity index is 2.19. The van der Waals surface area contributed by atoms with Crippen molar-refractivity contribution < 1.29 is 0 Å². The Hall–Kier alpha value is -0.780. The van der Waals surface area contributed by atoms with E-state index in [0.717, 1.165) is 0 Å². The molecule has 0 aliphatic carbocycles. The molecule has 0 fully saturated rings. The van der Waals surface area contributed by atoms with E-state index in [-0.39, 0.29) is 0 Å². The summed E-state index contributed by atoms with van der Waals surface area (Å²) in [4.78, 5) is 0. The third-order valence-corrected chi connectivity index (χ3v) is 3.22. The van der Waals surface area contributed by atoms with Gasteiger partial charge in [-0.3, -0.25) is 0 Å². The van der Waals surface area contributed by atoms with Crippen molar-refractivity contribution in [1.29, 1.82) is 0 Å². The molecule has 0 heterocycles. The maximum absolute atomic E-state index is 2.37. The lowest BCUT2D eigenvalue weighted by atomic mass is 10.0. The van der Waals surface area contributed by atoms with Gasteiger partial charge in [0.25, 0.3) is 0 Å². The van der Waals surface area contributed by atoms with Crippen LogP contribution in [0.1, 0.15) is 62.1 Å². The summed E-state index contributed by atoms with van der Waals surface area (Å²) in [6.45, 7) is 6.62. The Morgan fingerprint density at radius 2 is 1.69 bits per heavy atom. The summed E-state index contributed by atoms with van der Waals surface area (Å²) in [6.07, 6.45) is 10.5. The van der Waals surface area contributed by atoms with E-state index in [1.165, 1.54) is 55.2 Å². The Morgan fingerprint density at radius 1 is 0.938 bits per heavy atom. The van der Waals surface area contributed by atoms with E-state index in [4.69, 9.17) is 0 Å². The second kappa shape index (κ2) is 7.49. The summed E-state index contributed by atoms with van der Waals surface area (Å²) in [5, 5.41) is 0. The van der Waals surface area contributed by atoms with Gasteiger partial charge in [-0.15, -0.1) is 0 Å². The smallest absolute Gasteiger partial charge is 0.00930 e. The van der Waals surface area contributed by atoms with E-state index in [9.17, 15) is 0 Å². The molecule has 0 saturated heterocycles. The number of benzene rings is 1. The maximum Gasteiger partial charge on any atom is -0.00930 e. The fourth-order valence-electron chi connectivity index (χ4n) is 1.91. The third-order valence-electron chi connectivity index (χ3n) is 3.22. The first kappa shape index (κ1) is 13.3. The molecular formula is C16H25. The van der Waals surface area contributed by atoms with E-state index < -0.39 is 0 Å². The minimum Gasteiger partial charge on any atom is -0.0654 e. The largest absolute Gasteiger partial charge is 0.0654 e. The molecule has 89 valence electrons. The van der Waals surface area contributed by atoms with Gasteiger partial charge >= 0.3 is 0 Å². The number of unbranched alkanes of at least 4 members (excludes halogenated alkanes) is 5. The van der Waals surface area contributed by atoms with Crippen molar-refractivity contribution in [2.24, 2.45) is 0 Å². The van der Waals surface area contributed by atoms with Crippen LogP contribution < -0.4 is 0 Å². The maximum atomic E-state index is 2.37. The van der Waals surface area contributed by atoms with Gasteiger partial charge in [0, 0.05) is 0 Å². The van der Waals surface area contributed by atoms with Crippen LogP contribution in [0.25, 0.3) is 0 Å². The van der Waals surface area contributed by atoms with Crippen molar-refractivity contribution in [3.8, 4) is 0 Å². The van der Waals surface area contributed by atoms with E-state index in [2.05, 4.69) is 45.4 Å². The molecule has 0 nitrogen and oxygen atoms in total. The van der Waals surface area contributed by atoms with E-state index in [1.54, 1.807) is 0 Å². The zero-order valence-electron chi connectivity index (χ0n) is 11.1. The van der Waals surface area contributed by atoms with Gasteiger partial charge in [-0.2, -0.15) is 0 Å². The SMILES string of the molecule is CCCCCCC[CH]c1ccc(C)c(C)c1. The third kappa shape index (κ3) is 4.83. The second-order valence-corrected chi connectivity index (χ2v) is 4.75. The monoisotopic (exact) mass is 217 g/mol. The molecule has 1 aromatic carbocycles. The van der Waals surface area contributed by atoms with Gasteiger partial charge in [-0.1, -0.05) is 57.2 Å². The molecule has 0 heteroatoms. The molecule has 16 heavy (non-hydrogen) atoms. The Kier molecular flexibility index (Phi) is 6.22. The molecule has 0 bridgehead atoms. The standard InChI is InChI=1S/C16H25/c1-4-5-6-7-8-9-10-16-12-11-14(2)15(3)13-16/h10-13H,4-9H2,1-3H3. The molecule has 0 saturated carbocycles. The van der Waals surface area contributed by atoms with Crippen LogP contribution in [0.5, 0.6) is 0 Å². The minimum absolute atomic E-state index is 1.23. The van der Waals surface area contributed by atoms with Gasteiger partial charge in [-0.25, -0.2) is 0 Å². The average molecular weight is 217 g/mol. The molecule has 0 unspecified atom stereocenters. The molecule has 0 amide bonds. The zero-order chi connectivity index (χ0) is 11.8. The molecular weight excluding hydrogens is 192 g/mol. The molecule has 0 aromatic heterocycles. The van der Waals surface area contributed by atoms with Crippen molar-refractivity contribution in [1.82, 2.24) is 0 Å². The number of hydrogen-bond acceptors (Lipinski definition) is 0. The highest BCUT2D eigenvalue weighted by atomic mass is 14.0. The first-order chi connectivity index (χ1) is 7.74. The van der Waals surface area contributed by atoms with Gasteiger partial charge < -0.3 is 0 Å². The number of hydrogen-bond donors (Lipinski definition) is 0. The highest BCUT2D eigenvalue weighted by Crippen LogP contribution is 2.15. The van der Waals surface area contributed by atoms with Crippen molar-refractivity contribution in [3.05, 3.63) is 41.3 Å². The summed E-state index contributed by atoms with van der Waals surface area (Å²) in [5.41, 5.74) is 4.18. The number of rotatable bonds is 7. The zero-order valence-corrected chi connectivity index (χ0v) is 11.1. The predicted molar refractivity (Wildman–Crippen MR) is 72.7 cm³/mol. The lowest BCUT2D eigenvalue weighted by molar-refractivity contribution is 0.631. The van der Waals surface area contributed by atoms with E-state index >= 15 is 0 Å². The van der Waals surface area contributed by atoms with Crippen molar-refractivity contribution >= 4 is 0 Å². The fourth-order valence-corrected chi connectivity index (χ4v) is 1.91. The molecule has 0 aliphatic rings. The van der Waals surface area contributed by atoms with Crippen LogP contribution in [-0.2, 0) is 0 Å². The molecule has 0 aliphatic heterocycles. The topological polar surface area (TPSA) is 0 Å². The van der Waals surface area contributed by atoms with Crippen LogP contribution >= 0.6 is 0 Å². The highest BCUT2D eigenvalue weighted by Gasteiger charge is 1.97. The van der Waals surface area contributed by atoms with Crippen LogP contribution in [0.3, 0.4) is 0 Å². The first-order valence-electron chi connectivity index (χ1n) is 6.64. The average Bonchev–Trinajstić information content (AvgIpc) is 2.28. The lowest BCUT2D eigenvalue weighted by Crippen LogP contribution is -1.87. The minimum atomic E-state index is 1.23. The molecule has 0 spiro atoms. The van der Waals surface area contributed by atoms with Gasteiger partial charge in [0.2, 0.25) is 0 Å². The summed E-state index contributed by atoms with van der Waals surface area (Å²) in [6, 6.07) is 6.74. The summed E-state index contributed by atoms with van der Waals surface area (Å²) >= 11 is 0. The molecule has 0 N–H and O–H groups in total. The van der Waals surface area contributed by atoms with Gasteiger partial charge in [0.05, 0.1) is 0 Å². The molecule has 1 rings (SSSR count). The van der Waals surface area contributed by atoms with Crippen LogP contribution in [0.2, 0.25) is 0 Å². The molecule has 1 radical (unpaired) electrons. The summed E-state index contributed by atoms with van der Waals surface area (Å²) in [7, 11) is 0. The van der Waals surface area contributed by atoms with Crippen LogP contribution in [0.15, 0.2) is 18.2 Å². The van der Waals surface area contributed by atoms with Gasteiger partial charge in [0.15, 0.2) is 0 Å². The van der Waals surface area contributed by atoms with Crippen LogP contribution in [0, 0.1) is 20.3 Å². The molecule has 1 aromatic rings. The van der Waals surface area contributed by atoms with E-state index in [1.807, 2.05) is 0 Å². The Morgan fingerprint density at radius 3 is 2.38 bits per heavy atom. The Bertz CT molecular complexity index is 299. The van der Waals surface area contributed by atoms with Crippen molar-refractivity contribution in [3.63, 3.8) is 0 Å². The van der Waals surface area contributed by atoms with E-state index in [0.29, 0.717) is 0 Å². The number of aryl methyl sites for hydroxylation is 2. The van der Waals surface area contributed by atoms with Crippen molar-refractivity contribution in [2.45, 2.75) is 59.3 Å². The fraction of sp³-hybridized carbons (Fsp3) is 0.562. The Labute approximate surface area is 101 Å². The van der Waals surface area contributed by atoms with Crippen LogP contribution in [-0.4, -0.2) is 0 Å². The quantitative estimate of drug-likeness (QED) is 0.549. The summed E-state index contributed by atoms with van der Waals surface area (Å²) in [5.74, 6) is 0. The van der Waals surface area contributed by atoms with Gasteiger partial charge in [-0.05, 0) is 43.4 Å². The second-order valence-electron chi connectivity index (χ2n) is 4.75. The lowest BCUT2D eigenvalue weighted by Gasteiger charge is -2.05.